The molecule has 3 aliphatic heterocycles. The summed E-state index contributed by atoms with van der Waals surface area (Å²) in [5.74, 6) is 0.355. The molecule has 36 heavy (non-hydrogen) atoms. The number of rotatable bonds is 9. The minimum atomic E-state index is -0.964. The number of aliphatic carboxylic acids is 1. The van der Waals surface area contributed by atoms with E-state index in [9.17, 15) is 14.3 Å². The Labute approximate surface area is 212 Å². The van der Waals surface area contributed by atoms with Crippen LogP contribution < -0.4 is 10.1 Å². The lowest BCUT2D eigenvalue weighted by Gasteiger charge is -2.30. The number of hydrogen-bond donors (Lipinski definition) is 2. The van der Waals surface area contributed by atoms with Crippen LogP contribution in [0.25, 0.3) is 0 Å². The number of nitrogens with zero attached hydrogens (tertiary/aromatic N) is 2. The van der Waals surface area contributed by atoms with E-state index >= 15 is 0 Å². The summed E-state index contributed by atoms with van der Waals surface area (Å²) in [6.45, 7) is 5.34. The Kier molecular flexibility index (Phi) is 7.72. The Hall–Kier alpha value is -2.71. The van der Waals surface area contributed by atoms with Crippen LogP contribution in [0.3, 0.4) is 0 Å². The molecule has 0 aliphatic carbocycles. The molecule has 1 saturated heterocycles. The number of benzene rings is 1. The molecule has 0 spiro atoms. The third kappa shape index (κ3) is 5.65. The highest BCUT2D eigenvalue weighted by Crippen LogP contribution is 2.37. The predicted octanol–water partition coefficient (Wildman–Crippen LogP) is 4.39. The average Bonchev–Trinajstić information content (AvgIpc) is 3.32. The Morgan fingerprint density at radius 1 is 1.36 bits per heavy atom. The minimum Gasteiger partial charge on any atom is -0.493 e. The van der Waals surface area contributed by atoms with E-state index < -0.39 is 17.8 Å². The maximum Gasteiger partial charge on any atom is 0.325 e. The second-order valence-electron chi connectivity index (χ2n) is 10.4. The number of likely N-dealkylation sites (tertiary alicyclic amines) is 1. The quantitative estimate of drug-likeness (QED) is 0.497. The highest BCUT2D eigenvalue weighted by atomic mass is 19.1. The average molecular weight is 498 g/mol. The molecule has 5 rings (SSSR count). The number of aromatic nitrogens is 1. The van der Waals surface area contributed by atoms with E-state index in [2.05, 4.69) is 24.4 Å². The van der Waals surface area contributed by atoms with Crippen molar-refractivity contribution in [3.05, 3.63) is 52.5 Å². The molecule has 1 aromatic heterocycles. The lowest BCUT2D eigenvalue weighted by molar-refractivity contribution is -0.143. The van der Waals surface area contributed by atoms with E-state index in [0.717, 1.165) is 62.1 Å². The van der Waals surface area contributed by atoms with Crippen LogP contribution in [0.15, 0.2) is 24.3 Å². The normalized spacial score (nSPS) is 22.3. The molecule has 0 bridgehead atoms. The van der Waals surface area contributed by atoms with Gasteiger partial charge in [0.1, 0.15) is 23.4 Å². The van der Waals surface area contributed by atoms with Gasteiger partial charge in [-0.3, -0.25) is 9.69 Å². The summed E-state index contributed by atoms with van der Waals surface area (Å²) < 4.78 is 26.2. The number of aryl methyl sites for hydroxylation is 2. The number of halogens is 1. The SMILES string of the molecule is C[C@@H]1COc2cc(F)cc([C@@H](C(=O)O)N3CC[C@@H](OCCCCc4ccc5c(n4)NCCC5)C3)c2C1. The number of pyridine rings is 1. The number of carbonyl (C=O) groups is 1. The fourth-order valence-electron chi connectivity index (χ4n) is 5.64. The smallest absolute Gasteiger partial charge is 0.325 e. The van der Waals surface area contributed by atoms with Crippen LogP contribution in [0.4, 0.5) is 10.2 Å². The topological polar surface area (TPSA) is 83.9 Å². The van der Waals surface area contributed by atoms with Gasteiger partial charge in [-0.15, -0.1) is 0 Å². The number of ether oxygens (including phenoxy) is 2. The van der Waals surface area contributed by atoms with Crippen molar-refractivity contribution in [2.24, 2.45) is 5.92 Å². The fourth-order valence-corrected chi connectivity index (χ4v) is 5.64. The molecule has 1 aromatic carbocycles. The van der Waals surface area contributed by atoms with Crippen LogP contribution in [-0.4, -0.2) is 59.9 Å². The molecular weight excluding hydrogens is 461 g/mol. The van der Waals surface area contributed by atoms with E-state index in [0.29, 0.717) is 44.0 Å². The highest BCUT2D eigenvalue weighted by molar-refractivity contribution is 5.77. The summed E-state index contributed by atoms with van der Waals surface area (Å²) >= 11 is 0. The van der Waals surface area contributed by atoms with Crippen LogP contribution in [0.5, 0.6) is 5.75 Å². The monoisotopic (exact) mass is 497 g/mol. The number of carboxylic acids is 1. The number of unbranched alkanes of at least 4 members (excludes halogenated alkanes) is 1. The molecule has 7 nitrogen and oxygen atoms in total. The minimum absolute atomic E-state index is 0.0162. The first kappa shape index (κ1) is 25.0. The predicted molar refractivity (Wildman–Crippen MR) is 135 cm³/mol. The van der Waals surface area contributed by atoms with Gasteiger partial charge in [-0.1, -0.05) is 13.0 Å². The Morgan fingerprint density at radius 2 is 2.25 bits per heavy atom. The maximum atomic E-state index is 14.4. The van der Waals surface area contributed by atoms with E-state index in [-0.39, 0.29) is 12.0 Å². The largest absolute Gasteiger partial charge is 0.493 e. The van der Waals surface area contributed by atoms with Gasteiger partial charge in [-0.25, -0.2) is 9.37 Å². The number of carboxylic acid groups (broad SMARTS) is 1. The van der Waals surface area contributed by atoms with Crippen molar-refractivity contribution in [1.29, 1.82) is 0 Å². The van der Waals surface area contributed by atoms with Crippen LogP contribution in [0, 0.1) is 11.7 Å². The summed E-state index contributed by atoms with van der Waals surface area (Å²) in [6, 6.07) is 6.16. The fraction of sp³-hybridized carbons (Fsp3) is 0.571. The second-order valence-corrected chi connectivity index (χ2v) is 10.4. The molecule has 3 aliphatic rings. The van der Waals surface area contributed by atoms with Gasteiger partial charge in [-0.2, -0.15) is 0 Å². The Bertz CT molecular complexity index is 1090. The molecular formula is C28H36FN3O4. The zero-order valence-corrected chi connectivity index (χ0v) is 21.0. The number of anilines is 1. The number of nitrogens with one attached hydrogen (secondary N) is 1. The van der Waals surface area contributed by atoms with Crippen molar-refractivity contribution in [2.45, 2.75) is 64.0 Å². The molecule has 2 aromatic rings. The molecule has 3 atom stereocenters. The first-order valence-electron chi connectivity index (χ1n) is 13.2. The number of hydrogen-bond acceptors (Lipinski definition) is 6. The molecule has 2 N–H and O–H groups in total. The van der Waals surface area contributed by atoms with Crippen LogP contribution in [0.2, 0.25) is 0 Å². The van der Waals surface area contributed by atoms with Gasteiger partial charge in [0.05, 0.1) is 12.7 Å². The molecule has 8 heteroatoms. The third-order valence-electron chi connectivity index (χ3n) is 7.49. The van der Waals surface area contributed by atoms with E-state index in [1.807, 2.05) is 4.90 Å². The van der Waals surface area contributed by atoms with Gasteiger partial charge >= 0.3 is 5.97 Å². The second kappa shape index (κ2) is 11.1. The van der Waals surface area contributed by atoms with Crippen molar-refractivity contribution in [1.82, 2.24) is 9.88 Å². The van der Waals surface area contributed by atoms with Gasteiger partial charge in [0.15, 0.2) is 0 Å². The lowest BCUT2D eigenvalue weighted by Crippen LogP contribution is -2.35. The molecule has 4 heterocycles. The Morgan fingerprint density at radius 3 is 3.11 bits per heavy atom. The van der Waals surface area contributed by atoms with Crippen molar-refractivity contribution in [3.63, 3.8) is 0 Å². The first-order valence-corrected chi connectivity index (χ1v) is 13.2. The lowest BCUT2D eigenvalue weighted by atomic mass is 9.90. The maximum absolute atomic E-state index is 14.4. The van der Waals surface area contributed by atoms with Crippen molar-refractivity contribution >= 4 is 11.8 Å². The van der Waals surface area contributed by atoms with Crippen molar-refractivity contribution < 1.29 is 23.8 Å². The third-order valence-corrected chi connectivity index (χ3v) is 7.49. The highest BCUT2D eigenvalue weighted by Gasteiger charge is 2.37. The summed E-state index contributed by atoms with van der Waals surface area (Å²) in [4.78, 5) is 19.0. The van der Waals surface area contributed by atoms with E-state index in [4.69, 9.17) is 14.5 Å². The first-order chi connectivity index (χ1) is 17.5. The van der Waals surface area contributed by atoms with Gasteiger partial charge in [-0.05, 0) is 74.1 Å². The van der Waals surface area contributed by atoms with Crippen LogP contribution in [-0.2, 0) is 28.8 Å². The van der Waals surface area contributed by atoms with Gasteiger partial charge in [0.2, 0.25) is 0 Å². The zero-order chi connectivity index (χ0) is 25.1. The van der Waals surface area contributed by atoms with Crippen molar-refractivity contribution in [3.8, 4) is 5.75 Å². The standard InChI is InChI=1S/C28H36FN3O4/c1-18-13-23-24(14-20(29)15-25(23)36-17-18)26(28(33)34)32-11-9-22(16-32)35-12-3-2-6-21-8-7-19-5-4-10-30-27(19)31-21/h7-8,14-15,18,22,26H,2-6,9-13,16-17H2,1H3,(H,30,31)(H,33,34)/t18-,22+,26-/m0/s1. The van der Waals surface area contributed by atoms with E-state index in [1.165, 1.54) is 17.7 Å². The molecule has 194 valence electrons. The zero-order valence-electron chi connectivity index (χ0n) is 21.0. The van der Waals surface area contributed by atoms with E-state index in [1.54, 1.807) is 0 Å². The summed E-state index contributed by atoms with van der Waals surface area (Å²) in [5.41, 5.74) is 3.74. The summed E-state index contributed by atoms with van der Waals surface area (Å²) in [7, 11) is 0. The Balaban J connectivity index is 1.13. The molecule has 0 radical (unpaired) electrons. The summed E-state index contributed by atoms with van der Waals surface area (Å²) in [6.07, 6.45) is 6.54. The van der Waals surface area contributed by atoms with Crippen molar-refractivity contribution in [2.75, 3.05) is 38.2 Å². The summed E-state index contributed by atoms with van der Waals surface area (Å²) in [5, 5.41) is 13.5. The van der Waals surface area contributed by atoms with Gasteiger partial charge < -0.3 is 19.9 Å². The van der Waals surface area contributed by atoms with Crippen LogP contribution >= 0.6 is 0 Å². The van der Waals surface area contributed by atoms with Gasteiger partial charge in [0, 0.05) is 43.6 Å². The molecule has 0 saturated carbocycles. The molecule has 1 fully saturated rings. The van der Waals surface area contributed by atoms with Crippen LogP contribution in [0.1, 0.15) is 61.0 Å². The number of fused-ring (bicyclic) bond motifs is 2. The molecule has 0 amide bonds. The molecule has 0 unspecified atom stereocenters. The van der Waals surface area contributed by atoms with Gasteiger partial charge in [0.25, 0.3) is 0 Å².